The molecule has 2 unspecified atom stereocenters. The maximum atomic E-state index is 11.8. The number of carbonyl (C=O) groups excluding carboxylic acids is 1. The van der Waals surface area contributed by atoms with E-state index in [9.17, 15) is 4.79 Å². The van der Waals surface area contributed by atoms with Gasteiger partial charge in [0, 0.05) is 11.8 Å². The standard InChI is InChI=1S/C10H20N2OS/c1-4-5-9-10(13)12(7-11-9)6-8(2)14-3/h8-9,11H,4-7H2,1-3H3. The van der Waals surface area contributed by atoms with Gasteiger partial charge in [-0.15, -0.1) is 0 Å². The lowest BCUT2D eigenvalue weighted by Crippen LogP contribution is -2.34. The molecule has 1 heterocycles. The van der Waals surface area contributed by atoms with Crippen LogP contribution >= 0.6 is 11.8 Å². The number of hydrogen-bond donors (Lipinski definition) is 1. The van der Waals surface area contributed by atoms with Gasteiger partial charge in [0.2, 0.25) is 5.91 Å². The van der Waals surface area contributed by atoms with Gasteiger partial charge in [0.25, 0.3) is 0 Å². The van der Waals surface area contributed by atoms with Crippen molar-refractivity contribution in [2.45, 2.75) is 38.0 Å². The molecule has 0 bridgehead atoms. The molecule has 1 saturated heterocycles. The number of hydrogen-bond acceptors (Lipinski definition) is 3. The van der Waals surface area contributed by atoms with Crippen LogP contribution in [0.2, 0.25) is 0 Å². The molecule has 82 valence electrons. The van der Waals surface area contributed by atoms with Crippen molar-refractivity contribution in [3.8, 4) is 0 Å². The van der Waals surface area contributed by atoms with Crippen LogP contribution in [0.3, 0.4) is 0 Å². The molecule has 0 saturated carbocycles. The van der Waals surface area contributed by atoms with Gasteiger partial charge >= 0.3 is 0 Å². The zero-order valence-electron chi connectivity index (χ0n) is 9.25. The van der Waals surface area contributed by atoms with Gasteiger partial charge in [0.15, 0.2) is 0 Å². The Balaban J connectivity index is 2.39. The van der Waals surface area contributed by atoms with Crippen LogP contribution < -0.4 is 5.32 Å². The average molecular weight is 216 g/mol. The van der Waals surface area contributed by atoms with E-state index in [0.717, 1.165) is 26.1 Å². The summed E-state index contributed by atoms with van der Waals surface area (Å²) in [7, 11) is 0. The number of rotatable bonds is 5. The SMILES string of the molecule is CCCC1NCN(CC(C)SC)C1=O. The van der Waals surface area contributed by atoms with E-state index in [1.165, 1.54) is 0 Å². The topological polar surface area (TPSA) is 32.3 Å². The molecule has 0 aromatic rings. The summed E-state index contributed by atoms with van der Waals surface area (Å²) in [5.74, 6) is 0.285. The summed E-state index contributed by atoms with van der Waals surface area (Å²) in [6.07, 6.45) is 4.11. The normalized spacial score (nSPS) is 24.4. The molecular weight excluding hydrogens is 196 g/mol. The first-order valence-corrected chi connectivity index (χ1v) is 6.52. The first kappa shape index (κ1) is 11.9. The summed E-state index contributed by atoms with van der Waals surface area (Å²) >= 11 is 1.81. The van der Waals surface area contributed by atoms with Crippen molar-refractivity contribution in [1.29, 1.82) is 0 Å². The molecule has 1 aliphatic heterocycles. The highest BCUT2D eigenvalue weighted by Crippen LogP contribution is 2.13. The minimum absolute atomic E-state index is 0.0778. The van der Waals surface area contributed by atoms with Gasteiger partial charge in [-0.1, -0.05) is 20.3 Å². The third kappa shape index (κ3) is 2.89. The molecule has 0 aromatic carbocycles. The maximum absolute atomic E-state index is 11.8. The lowest BCUT2D eigenvalue weighted by atomic mass is 10.2. The molecule has 4 heteroatoms. The molecule has 2 atom stereocenters. The predicted octanol–water partition coefficient (Wildman–Crippen LogP) is 1.30. The second-order valence-electron chi connectivity index (χ2n) is 3.81. The fourth-order valence-electron chi connectivity index (χ4n) is 1.66. The van der Waals surface area contributed by atoms with E-state index in [1.807, 2.05) is 4.90 Å². The molecule has 0 aliphatic carbocycles. The van der Waals surface area contributed by atoms with Crippen molar-refractivity contribution in [3.05, 3.63) is 0 Å². The molecule has 0 spiro atoms. The molecule has 0 radical (unpaired) electrons. The van der Waals surface area contributed by atoms with Gasteiger partial charge in [-0.2, -0.15) is 11.8 Å². The van der Waals surface area contributed by atoms with E-state index >= 15 is 0 Å². The van der Waals surface area contributed by atoms with Crippen LogP contribution in [0.25, 0.3) is 0 Å². The highest BCUT2D eigenvalue weighted by atomic mass is 32.2. The Morgan fingerprint density at radius 2 is 2.43 bits per heavy atom. The van der Waals surface area contributed by atoms with E-state index in [1.54, 1.807) is 11.8 Å². The fraction of sp³-hybridized carbons (Fsp3) is 0.900. The van der Waals surface area contributed by atoms with Crippen molar-refractivity contribution in [2.75, 3.05) is 19.5 Å². The Labute approximate surface area is 90.6 Å². The number of nitrogens with one attached hydrogen (secondary N) is 1. The minimum Gasteiger partial charge on any atom is -0.327 e. The maximum Gasteiger partial charge on any atom is 0.240 e. The van der Waals surface area contributed by atoms with Crippen LogP contribution in [0.5, 0.6) is 0 Å². The lowest BCUT2D eigenvalue weighted by molar-refractivity contribution is -0.129. The highest BCUT2D eigenvalue weighted by molar-refractivity contribution is 7.99. The minimum atomic E-state index is 0.0778. The van der Waals surface area contributed by atoms with Gasteiger partial charge in [-0.25, -0.2) is 0 Å². The molecule has 1 N–H and O–H groups in total. The van der Waals surface area contributed by atoms with Gasteiger partial charge in [0.05, 0.1) is 12.7 Å². The van der Waals surface area contributed by atoms with Crippen LogP contribution in [0, 0.1) is 0 Å². The summed E-state index contributed by atoms with van der Waals surface area (Å²) < 4.78 is 0. The van der Waals surface area contributed by atoms with E-state index in [2.05, 4.69) is 25.4 Å². The molecule has 1 aliphatic rings. The van der Waals surface area contributed by atoms with Gasteiger partial charge in [-0.05, 0) is 12.7 Å². The van der Waals surface area contributed by atoms with Crippen LogP contribution in [0.15, 0.2) is 0 Å². The number of nitrogens with zero attached hydrogens (tertiary/aromatic N) is 1. The number of amides is 1. The second-order valence-corrected chi connectivity index (χ2v) is 5.09. The largest absolute Gasteiger partial charge is 0.327 e. The molecule has 14 heavy (non-hydrogen) atoms. The fourth-order valence-corrected chi connectivity index (χ4v) is 1.99. The van der Waals surface area contributed by atoms with Crippen LogP contribution in [0.4, 0.5) is 0 Å². The predicted molar refractivity (Wildman–Crippen MR) is 61.4 cm³/mol. The molecular formula is C10H20N2OS. The van der Waals surface area contributed by atoms with Crippen molar-refractivity contribution in [3.63, 3.8) is 0 Å². The molecule has 1 rings (SSSR count). The van der Waals surface area contributed by atoms with Crippen molar-refractivity contribution in [1.82, 2.24) is 10.2 Å². The summed E-state index contributed by atoms with van der Waals surface area (Å²) in [6, 6.07) is 0.0778. The number of thioether (sulfide) groups is 1. The molecule has 3 nitrogen and oxygen atoms in total. The second kappa shape index (κ2) is 5.61. The van der Waals surface area contributed by atoms with Gasteiger partial charge in [0.1, 0.15) is 0 Å². The summed E-state index contributed by atoms with van der Waals surface area (Å²) in [5.41, 5.74) is 0. The highest BCUT2D eigenvalue weighted by Gasteiger charge is 2.30. The van der Waals surface area contributed by atoms with Gasteiger partial charge < -0.3 is 4.90 Å². The van der Waals surface area contributed by atoms with E-state index in [-0.39, 0.29) is 11.9 Å². The first-order chi connectivity index (χ1) is 6.69. The van der Waals surface area contributed by atoms with Gasteiger partial charge in [-0.3, -0.25) is 10.1 Å². The van der Waals surface area contributed by atoms with Crippen molar-refractivity contribution < 1.29 is 4.79 Å². The third-order valence-corrected chi connectivity index (χ3v) is 3.55. The monoisotopic (exact) mass is 216 g/mol. The Morgan fingerprint density at radius 1 is 1.71 bits per heavy atom. The summed E-state index contributed by atoms with van der Waals surface area (Å²) in [5, 5.41) is 3.78. The molecule has 1 fully saturated rings. The smallest absolute Gasteiger partial charge is 0.240 e. The van der Waals surface area contributed by atoms with E-state index in [0.29, 0.717) is 5.25 Å². The molecule has 0 aromatic heterocycles. The first-order valence-electron chi connectivity index (χ1n) is 5.24. The Bertz CT molecular complexity index is 199. The van der Waals surface area contributed by atoms with E-state index in [4.69, 9.17) is 0 Å². The van der Waals surface area contributed by atoms with Crippen LogP contribution in [0.1, 0.15) is 26.7 Å². The van der Waals surface area contributed by atoms with Crippen LogP contribution in [-0.4, -0.2) is 41.6 Å². The zero-order chi connectivity index (χ0) is 10.6. The Hall–Kier alpha value is -0.220. The average Bonchev–Trinajstić information content (AvgIpc) is 2.50. The van der Waals surface area contributed by atoms with E-state index < -0.39 is 0 Å². The zero-order valence-corrected chi connectivity index (χ0v) is 10.1. The third-order valence-electron chi connectivity index (χ3n) is 2.60. The summed E-state index contributed by atoms with van der Waals surface area (Å²) in [6.45, 7) is 5.87. The molecule has 1 amide bonds. The van der Waals surface area contributed by atoms with Crippen LogP contribution in [-0.2, 0) is 4.79 Å². The summed E-state index contributed by atoms with van der Waals surface area (Å²) in [4.78, 5) is 13.7. The Kier molecular flexibility index (Phi) is 4.75. The Morgan fingerprint density at radius 3 is 3.00 bits per heavy atom. The number of carbonyl (C=O) groups is 1. The van der Waals surface area contributed by atoms with Crippen molar-refractivity contribution >= 4 is 17.7 Å². The lowest BCUT2D eigenvalue weighted by Gasteiger charge is -2.18. The quantitative estimate of drug-likeness (QED) is 0.752. The van der Waals surface area contributed by atoms with Crippen molar-refractivity contribution in [2.24, 2.45) is 0 Å².